The standard InChI is InChI=1S/C13H16ClFN2O3/c1-13(2,3)10(11(18)19)17-12(20)16-9-5-7(14)4-8(15)6-9/h4-6,10H,1-3H3,(H,18,19)(H2,16,17,20)/t10-/m0/s1. The molecule has 0 saturated heterocycles. The van der Waals surface area contributed by atoms with Crippen LogP contribution >= 0.6 is 11.6 Å². The fraction of sp³-hybridized carbons (Fsp3) is 0.385. The lowest BCUT2D eigenvalue weighted by molar-refractivity contribution is -0.141. The number of halogens is 2. The molecule has 0 spiro atoms. The van der Waals surface area contributed by atoms with E-state index >= 15 is 0 Å². The van der Waals surface area contributed by atoms with Gasteiger partial charge in [0.15, 0.2) is 0 Å². The van der Waals surface area contributed by atoms with Crippen molar-refractivity contribution in [2.24, 2.45) is 5.41 Å². The third-order valence-electron chi connectivity index (χ3n) is 2.51. The number of carboxylic acid groups (broad SMARTS) is 1. The first-order valence-electron chi connectivity index (χ1n) is 5.86. The highest BCUT2D eigenvalue weighted by molar-refractivity contribution is 6.30. The van der Waals surface area contributed by atoms with Gasteiger partial charge in [-0.25, -0.2) is 14.0 Å². The van der Waals surface area contributed by atoms with E-state index in [2.05, 4.69) is 10.6 Å². The minimum absolute atomic E-state index is 0.130. The van der Waals surface area contributed by atoms with Gasteiger partial charge < -0.3 is 15.7 Å². The van der Waals surface area contributed by atoms with Gasteiger partial charge in [0.25, 0.3) is 0 Å². The minimum Gasteiger partial charge on any atom is -0.480 e. The molecule has 1 aromatic rings. The molecule has 1 aromatic carbocycles. The van der Waals surface area contributed by atoms with Crippen molar-refractivity contribution < 1.29 is 19.1 Å². The number of carboxylic acids is 1. The van der Waals surface area contributed by atoms with Crippen molar-refractivity contribution in [2.45, 2.75) is 26.8 Å². The number of rotatable bonds is 3. The fourth-order valence-electron chi connectivity index (χ4n) is 1.57. The Morgan fingerprint density at radius 1 is 1.30 bits per heavy atom. The van der Waals surface area contributed by atoms with Crippen LogP contribution in [0.15, 0.2) is 18.2 Å². The van der Waals surface area contributed by atoms with E-state index in [0.29, 0.717) is 0 Å². The molecule has 5 nitrogen and oxygen atoms in total. The summed E-state index contributed by atoms with van der Waals surface area (Å²) in [5.74, 6) is -1.75. The van der Waals surface area contributed by atoms with E-state index in [0.717, 1.165) is 12.1 Å². The molecule has 20 heavy (non-hydrogen) atoms. The van der Waals surface area contributed by atoms with Crippen molar-refractivity contribution in [2.75, 3.05) is 5.32 Å². The van der Waals surface area contributed by atoms with Gasteiger partial charge in [-0.05, 0) is 23.6 Å². The van der Waals surface area contributed by atoms with E-state index in [1.54, 1.807) is 20.8 Å². The number of carbonyl (C=O) groups excluding carboxylic acids is 1. The van der Waals surface area contributed by atoms with Crippen molar-refractivity contribution in [1.29, 1.82) is 0 Å². The summed E-state index contributed by atoms with van der Waals surface area (Å²) in [6.45, 7) is 5.06. The Morgan fingerprint density at radius 2 is 1.90 bits per heavy atom. The number of hydrogen-bond acceptors (Lipinski definition) is 2. The van der Waals surface area contributed by atoms with Crippen LogP contribution in [0.25, 0.3) is 0 Å². The molecule has 0 saturated carbocycles. The second-order valence-electron chi connectivity index (χ2n) is 5.39. The van der Waals surface area contributed by atoms with E-state index in [-0.39, 0.29) is 10.7 Å². The Labute approximate surface area is 121 Å². The van der Waals surface area contributed by atoms with E-state index in [4.69, 9.17) is 16.7 Å². The van der Waals surface area contributed by atoms with Crippen LogP contribution < -0.4 is 10.6 Å². The maximum Gasteiger partial charge on any atom is 0.326 e. The Hall–Kier alpha value is -1.82. The molecule has 0 aliphatic rings. The van der Waals surface area contributed by atoms with Crippen LogP contribution in [0.5, 0.6) is 0 Å². The smallest absolute Gasteiger partial charge is 0.326 e. The van der Waals surface area contributed by atoms with Crippen molar-refractivity contribution in [1.82, 2.24) is 5.32 Å². The second kappa shape index (κ2) is 6.09. The molecular formula is C13H16ClFN2O3. The minimum atomic E-state index is -1.15. The van der Waals surface area contributed by atoms with Gasteiger partial charge in [-0.15, -0.1) is 0 Å². The summed E-state index contributed by atoms with van der Waals surface area (Å²) in [5.41, 5.74) is -0.520. The molecule has 0 heterocycles. The number of nitrogens with one attached hydrogen (secondary N) is 2. The number of aliphatic carboxylic acids is 1. The average molecular weight is 303 g/mol. The number of urea groups is 1. The molecule has 110 valence electrons. The van der Waals surface area contributed by atoms with Crippen LogP contribution in [-0.4, -0.2) is 23.1 Å². The summed E-state index contributed by atoms with van der Waals surface area (Å²) >= 11 is 5.66. The quantitative estimate of drug-likeness (QED) is 0.803. The molecule has 0 aromatic heterocycles. The molecule has 1 atom stereocenters. The van der Waals surface area contributed by atoms with Crippen molar-refractivity contribution >= 4 is 29.3 Å². The summed E-state index contributed by atoms with van der Waals surface area (Å²) in [5, 5.41) is 13.9. The summed E-state index contributed by atoms with van der Waals surface area (Å²) in [6.07, 6.45) is 0. The molecule has 3 N–H and O–H groups in total. The lowest BCUT2D eigenvalue weighted by Gasteiger charge is -2.27. The maximum atomic E-state index is 13.1. The van der Waals surface area contributed by atoms with Crippen LogP contribution in [0.3, 0.4) is 0 Å². The van der Waals surface area contributed by atoms with Crippen LogP contribution in [0, 0.1) is 11.2 Å². The third kappa shape index (κ3) is 4.70. The van der Waals surface area contributed by atoms with Gasteiger partial charge in [0.1, 0.15) is 11.9 Å². The molecule has 1 rings (SSSR count). The van der Waals surface area contributed by atoms with Crippen LogP contribution in [0.2, 0.25) is 5.02 Å². The van der Waals surface area contributed by atoms with E-state index in [9.17, 15) is 14.0 Å². The van der Waals surface area contributed by atoms with Crippen molar-refractivity contribution in [3.05, 3.63) is 29.0 Å². The first-order chi connectivity index (χ1) is 9.09. The zero-order chi connectivity index (χ0) is 15.5. The number of carbonyl (C=O) groups is 2. The Bertz CT molecular complexity index is 509. The highest BCUT2D eigenvalue weighted by Crippen LogP contribution is 2.20. The summed E-state index contributed by atoms with van der Waals surface area (Å²) in [6, 6.07) is 1.72. The molecule has 0 fully saturated rings. The molecule has 2 amide bonds. The first kappa shape index (κ1) is 16.2. The second-order valence-corrected chi connectivity index (χ2v) is 5.83. The first-order valence-corrected chi connectivity index (χ1v) is 6.24. The number of anilines is 1. The number of amides is 2. The van der Waals surface area contributed by atoms with E-state index in [1.807, 2.05) is 0 Å². The van der Waals surface area contributed by atoms with Gasteiger partial charge in [0, 0.05) is 10.7 Å². The number of benzene rings is 1. The van der Waals surface area contributed by atoms with Gasteiger partial charge in [-0.2, -0.15) is 0 Å². The largest absolute Gasteiger partial charge is 0.480 e. The van der Waals surface area contributed by atoms with Gasteiger partial charge in [0.05, 0.1) is 0 Å². The highest BCUT2D eigenvalue weighted by atomic mass is 35.5. The van der Waals surface area contributed by atoms with Crippen LogP contribution in [0.4, 0.5) is 14.9 Å². The third-order valence-corrected chi connectivity index (χ3v) is 2.73. The van der Waals surface area contributed by atoms with Crippen molar-refractivity contribution in [3.8, 4) is 0 Å². The van der Waals surface area contributed by atoms with Crippen LogP contribution in [-0.2, 0) is 4.79 Å². The molecule has 0 radical (unpaired) electrons. The highest BCUT2D eigenvalue weighted by Gasteiger charge is 2.32. The molecule has 0 bridgehead atoms. The number of hydrogen-bond donors (Lipinski definition) is 3. The Balaban J connectivity index is 2.78. The van der Waals surface area contributed by atoms with E-state index < -0.39 is 29.3 Å². The lowest BCUT2D eigenvalue weighted by atomic mass is 9.87. The molecular weight excluding hydrogens is 287 g/mol. The zero-order valence-corrected chi connectivity index (χ0v) is 12.1. The summed E-state index contributed by atoms with van der Waals surface area (Å²) in [4.78, 5) is 22.9. The zero-order valence-electron chi connectivity index (χ0n) is 11.3. The normalized spacial score (nSPS) is 12.7. The summed E-state index contributed by atoms with van der Waals surface area (Å²) in [7, 11) is 0. The average Bonchev–Trinajstić information content (AvgIpc) is 2.22. The van der Waals surface area contributed by atoms with Gasteiger partial charge in [0.2, 0.25) is 0 Å². The van der Waals surface area contributed by atoms with Gasteiger partial charge in [-0.3, -0.25) is 0 Å². The molecule has 0 aliphatic heterocycles. The fourth-order valence-corrected chi connectivity index (χ4v) is 1.79. The lowest BCUT2D eigenvalue weighted by Crippen LogP contribution is -2.50. The molecule has 0 unspecified atom stereocenters. The predicted molar refractivity (Wildman–Crippen MR) is 74.4 cm³/mol. The topological polar surface area (TPSA) is 78.4 Å². The predicted octanol–water partition coefficient (Wildman–Crippen LogP) is 3.10. The van der Waals surface area contributed by atoms with E-state index in [1.165, 1.54) is 6.07 Å². The Morgan fingerprint density at radius 3 is 2.35 bits per heavy atom. The van der Waals surface area contributed by atoms with Crippen molar-refractivity contribution in [3.63, 3.8) is 0 Å². The monoisotopic (exact) mass is 302 g/mol. The van der Waals surface area contributed by atoms with Crippen LogP contribution in [0.1, 0.15) is 20.8 Å². The Kier molecular flexibility index (Phi) is 4.94. The SMILES string of the molecule is CC(C)(C)[C@@H](NC(=O)Nc1cc(F)cc(Cl)c1)C(=O)O. The summed E-state index contributed by atoms with van der Waals surface area (Å²) < 4.78 is 13.1. The molecule has 0 aliphatic carbocycles. The van der Waals surface area contributed by atoms with Gasteiger partial charge in [-0.1, -0.05) is 32.4 Å². The molecule has 7 heteroatoms. The maximum absolute atomic E-state index is 13.1. The van der Waals surface area contributed by atoms with Gasteiger partial charge >= 0.3 is 12.0 Å².